The number of hydrogen-bond donors (Lipinski definition) is 1. The van der Waals surface area contributed by atoms with Crippen molar-refractivity contribution >= 4 is 11.6 Å². The number of methoxy groups -OCH3 is 1. The molecule has 20 heavy (non-hydrogen) atoms. The topological polar surface area (TPSA) is 90.7 Å². The molecule has 0 heterocycles. The lowest BCUT2D eigenvalue weighted by atomic mass is 10.2. The van der Waals surface area contributed by atoms with E-state index in [1.54, 1.807) is 13.0 Å². The van der Waals surface area contributed by atoms with Gasteiger partial charge < -0.3 is 14.8 Å². The number of nitrogens with zero attached hydrogens (tertiary/aromatic N) is 1. The molecule has 0 aliphatic rings. The van der Waals surface area contributed by atoms with Crippen molar-refractivity contribution in [3.8, 4) is 5.75 Å². The van der Waals surface area contributed by atoms with Crippen LogP contribution < -0.4 is 10.1 Å². The lowest BCUT2D eigenvalue weighted by Gasteiger charge is -2.14. The molecule has 0 aliphatic heterocycles. The molecule has 0 aliphatic carbocycles. The van der Waals surface area contributed by atoms with Crippen molar-refractivity contribution in [2.75, 3.05) is 20.3 Å². The number of rotatable bonds is 7. The molecular weight excluding hydrogens is 264 g/mol. The van der Waals surface area contributed by atoms with Gasteiger partial charge in [-0.25, -0.2) is 0 Å². The first-order valence-corrected chi connectivity index (χ1v) is 6.14. The van der Waals surface area contributed by atoms with E-state index < -0.39 is 11.0 Å². The zero-order valence-corrected chi connectivity index (χ0v) is 11.7. The molecule has 0 saturated carbocycles. The fourth-order valence-corrected chi connectivity index (χ4v) is 1.53. The molecule has 0 spiro atoms. The third-order valence-corrected chi connectivity index (χ3v) is 2.59. The van der Waals surface area contributed by atoms with Gasteiger partial charge in [-0.15, -0.1) is 0 Å². The van der Waals surface area contributed by atoms with Gasteiger partial charge in [0.2, 0.25) is 0 Å². The van der Waals surface area contributed by atoms with E-state index in [9.17, 15) is 14.9 Å². The molecule has 110 valence electrons. The summed E-state index contributed by atoms with van der Waals surface area (Å²) in [5.41, 5.74) is 0.600. The molecule has 0 fully saturated rings. The maximum atomic E-state index is 11.7. The van der Waals surface area contributed by atoms with E-state index in [2.05, 4.69) is 5.32 Å². The first-order chi connectivity index (χ1) is 9.45. The Hall–Kier alpha value is -2.15. The van der Waals surface area contributed by atoms with E-state index in [1.165, 1.54) is 26.2 Å². The van der Waals surface area contributed by atoms with Crippen LogP contribution in [0.4, 0.5) is 5.69 Å². The van der Waals surface area contributed by atoms with Crippen LogP contribution in [0.15, 0.2) is 18.2 Å². The number of hydrogen-bond acceptors (Lipinski definition) is 5. The number of amides is 1. The van der Waals surface area contributed by atoms with Crippen molar-refractivity contribution in [1.29, 1.82) is 0 Å². The zero-order valence-electron chi connectivity index (χ0n) is 11.7. The zero-order chi connectivity index (χ0) is 15.1. The van der Waals surface area contributed by atoms with Crippen molar-refractivity contribution in [2.45, 2.75) is 20.0 Å². The van der Waals surface area contributed by atoms with Crippen LogP contribution >= 0.6 is 0 Å². The van der Waals surface area contributed by atoms with Crippen LogP contribution in [0.2, 0.25) is 0 Å². The largest absolute Gasteiger partial charge is 0.474 e. The summed E-state index contributed by atoms with van der Waals surface area (Å²) in [6.45, 7) is 4.03. The fourth-order valence-electron chi connectivity index (χ4n) is 1.53. The molecular formula is C13H18N2O5. The van der Waals surface area contributed by atoms with Gasteiger partial charge in [0.25, 0.3) is 5.91 Å². The predicted molar refractivity (Wildman–Crippen MR) is 72.8 cm³/mol. The molecule has 1 rings (SSSR count). The molecule has 1 N–H and O–H groups in total. The van der Waals surface area contributed by atoms with E-state index in [0.29, 0.717) is 13.2 Å². The number of nitro groups is 1. The quantitative estimate of drug-likeness (QED) is 0.464. The molecule has 1 amide bonds. The fraction of sp³-hybridized carbons (Fsp3) is 0.462. The summed E-state index contributed by atoms with van der Waals surface area (Å²) in [5.74, 6) is -0.271. The third-order valence-electron chi connectivity index (χ3n) is 2.59. The van der Waals surface area contributed by atoms with Crippen LogP contribution in [-0.4, -0.2) is 37.2 Å². The second-order valence-electron chi connectivity index (χ2n) is 4.27. The smallest absolute Gasteiger partial charge is 0.311 e. The Morgan fingerprint density at radius 3 is 2.80 bits per heavy atom. The third kappa shape index (κ3) is 4.51. The Kier molecular flexibility index (Phi) is 5.92. The second-order valence-corrected chi connectivity index (χ2v) is 4.27. The molecule has 0 bridgehead atoms. The van der Waals surface area contributed by atoms with Crippen LogP contribution in [0, 0.1) is 17.0 Å². The van der Waals surface area contributed by atoms with Crippen molar-refractivity contribution in [3.05, 3.63) is 33.9 Å². The highest BCUT2D eigenvalue weighted by atomic mass is 16.6. The first-order valence-electron chi connectivity index (χ1n) is 6.14. The normalized spacial score (nSPS) is 11.8. The van der Waals surface area contributed by atoms with Gasteiger partial charge in [-0.3, -0.25) is 14.9 Å². The highest BCUT2D eigenvalue weighted by Crippen LogP contribution is 2.28. The van der Waals surface area contributed by atoms with E-state index in [-0.39, 0.29) is 17.3 Å². The van der Waals surface area contributed by atoms with Crippen molar-refractivity contribution in [1.82, 2.24) is 5.32 Å². The summed E-state index contributed by atoms with van der Waals surface area (Å²) in [4.78, 5) is 22.1. The van der Waals surface area contributed by atoms with Crippen LogP contribution in [0.3, 0.4) is 0 Å². The molecule has 0 unspecified atom stereocenters. The second kappa shape index (κ2) is 7.44. The lowest BCUT2D eigenvalue weighted by molar-refractivity contribution is -0.386. The van der Waals surface area contributed by atoms with Gasteiger partial charge in [0.05, 0.1) is 11.5 Å². The van der Waals surface area contributed by atoms with E-state index in [1.807, 2.05) is 0 Å². The van der Waals surface area contributed by atoms with Crippen molar-refractivity contribution < 1.29 is 19.2 Å². The average molecular weight is 282 g/mol. The van der Waals surface area contributed by atoms with Gasteiger partial charge in [-0.1, -0.05) is 6.07 Å². The van der Waals surface area contributed by atoms with Gasteiger partial charge in [0, 0.05) is 19.7 Å². The van der Waals surface area contributed by atoms with Crippen molar-refractivity contribution in [2.24, 2.45) is 0 Å². The number of ether oxygens (including phenoxy) is 2. The minimum atomic E-state index is -0.826. The van der Waals surface area contributed by atoms with Gasteiger partial charge in [-0.2, -0.15) is 0 Å². The molecule has 0 aromatic heterocycles. The number of carbonyl (C=O) groups is 1. The Morgan fingerprint density at radius 1 is 1.50 bits per heavy atom. The standard InChI is InChI=1S/C13H18N2O5/c1-9-4-5-12(11(8-9)15(17)18)20-10(2)13(16)14-6-7-19-3/h4-5,8,10H,6-7H2,1-3H3,(H,14,16)/t10-/m0/s1. The molecule has 1 aromatic carbocycles. The average Bonchev–Trinajstić information content (AvgIpc) is 2.40. The minimum Gasteiger partial charge on any atom is -0.474 e. The Labute approximate surface area is 117 Å². The number of nitro benzene ring substituents is 1. The van der Waals surface area contributed by atoms with E-state index >= 15 is 0 Å². The number of nitrogens with one attached hydrogen (secondary N) is 1. The molecule has 1 aromatic rings. The first kappa shape index (κ1) is 15.9. The SMILES string of the molecule is COCCNC(=O)[C@H](C)Oc1ccc(C)cc1[N+](=O)[O-]. The summed E-state index contributed by atoms with van der Waals surface area (Å²) >= 11 is 0. The highest BCUT2D eigenvalue weighted by Gasteiger charge is 2.20. The molecule has 1 atom stereocenters. The van der Waals surface area contributed by atoms with Gasteiger partial charge in [-0.05, 0) is 25.5 Å². The molecule has 7 nitrogen and oxygen atoms in total. The number of benzene rings is 1. The van der Waals surface area contributed by atoms with Crippen LogP contribution in [0.25, 0.3) is 0 Å². The van der Waals surface area contributed by atoms with Gasteiger partial charge >= 0.3 is 5.69 Å². The van der Waals surface area contributed by atoms with Gasteiger partial charge in [0.1, 0.15) is 0 Å². The molecule has 0 radical (unpaired) electrons. The Morgan fingerprint density at radius 2 is 2.20 bits per heavy atom. The maximum Gasteiger partial charge on any atom is 0.311 e. The monoisotopic (exact) mass is 282 g/mol. The summed E-state index contributed by atoms with van der Waals surface area (Å²) in [7, 11) is 1.53. The maximum absolute atomic E-state index is 11.7. The van der Waals surface area contributed by atoms with Crippen LogP contribution in [0.1, 0.15) is 12.5 Å². The minimum absolute atomic E-state index is 0.0787. The Bertz CT molecular complexity index is 490. The van der Waals surface area contributed by atoms with E-state index in [0.717, 1.165) is 5.56 Å². The summed E-state index contributed by atoms with van der Waals surface area (Å²) < 4.78 is 10.2. The number of aryl methyl sites for hydroxylation is 1. The van der Waals surface area contributed by atoms with Crippen LogP contribution in [-0.2, 0) is 9.53 Å². The number of carbonyl (C=O) groups excluding carboxylic acids is 1. The highest BCUT2D eigenvalue weighted by molar-refractivity contribution is 5.80. The van der Waals surface area contributed by atoms with E-state index in [4.69, 9.17) is 9.47 Å². The lowest BCUT2D eigenvalue weighted by Crippen LogP contribution is -2.38. The summed E-state index contributed by atoms with van der Waals surface area (Å²) in [6, 6.07) is 4.59. The van der Waals surface area contributed by atoms with Crippen molar-refractivity contribution in [3.63, 3.8) is 0 Å². The predicted octanol–water partition coefficient (Wildman–Crippen LogP) is 1.43. The van der Waals surface area contributed by atoms with Gasteiger partial charge in [0.15, 0.2) is 11.9 Å². The van der Waals surface area contributed by atoms with Crippen LogP contribution in [0.5, 0.6) is 5.75 Å². The molecule has 0 saturated heterocycles. The molecule has 7 heteroatoms. The summed E-state index contributed by atoms with van der Waals surface area (Å²) in [6.07, 6.45) is -0.826. The summed E-state index contributed by atoms with van der Waals surface area (Å²) in [5, 5.41) is 13.5. The Balaban J connectivity index is 2.72.